The summed E-state index contributed by atoms with van der Waals surface area (Å²) in [6.45, 7) is 11.2. The molecule has 112 valence electrons. The second-order valence-electron chi connectivity index (χ2n) is 4.69. The molecule has 0 aromatic rings. The van der Waals surface area contributed by atoms with E-state index in [1.807, 2.05) is 0 Å². The van der Waals surface area contributed by atoms with E-state index in [0.29, 0.717) is 17.7 Å². The highest BCUT2D eigenvalue weighted by Gasteiger charge is 2.12. The summed E-state index contributed by atoms with van der Waals surface area (Å²) in [4.78, 5) is 21.8. The molecule has 0 N–H and O–H groups in total. The van der Waals surface area contributed by atoms with E-state index in [-0.39, 0.29) is 18.3 Å². The Kier molecular flexibility index (Phi) is 14.8. The van der Waals surface area contributed by atoms with Crippen LogP contribution in [0.2, 0.25) is 0 Å². The molecule has 0 aliphatic heterocycles. The summed E-state index contributed by atoms with van der Waals surface area (Å²) >= 11 is 4.08. The Morgan fingerprint density at radius 2 is 1.74 bits per heavy atom. The van der Waals surface area contributed by atoms with E-state index < -0.39 is 5.97 Å². The van der Waals surface area contributed by atoms with Gasteiger partial charge < -0.3 is 9.53 Å². The van der Waals surface area contributed by atoms with E-state index in [2.05, 4.69) is 33.1 Å². The lowest BCUT2D eigenvalue weighted by Crippen LogP contribution is -2.18. The van der Waals surface area contributed by atoms with E-state index in [1.54, 1.807) is 6.92 Å². The van der Waals surface area contributed by atoms with Crippen LogP contribution in [0.4, 0.5) is 0 Å². The molecule has 0 radical (unpaired) electrons. The van der Waals surface area contributed by atoms with Crippen LogP contribution in [0.25, 0.3) is 0 Å². The van der Waals surface area contributed by atoms with Crippen molar-refractivity contribution in [3.63, 3.8) is 0 Å². The molecular weight excluding hydrogens is 260 g/mol. The standard InChI is InChI=1S/C10H16O3S.C5H12/c1-7(2)10(12)13-5-9(6-14)4-8(3)11;1-3-5-4-2/h9,14H,1,4-6H2,2-3H3;3-5H2,1-2H3. The Morgan fingerprint density at radius 3 is 2.00 bits per heavy atom. The number of Topliss-reactive ketones (excluding diaryl/α,β-unsaturated/α-hetero) is 1. The summed E-state index contributed by atoms with van der Waals surface area (Å²) in [6, 6.07) is 0. The lowest BCUT2D eigenvalue weighted by Gasteiger charge is -2.12. The molecule has 0 aromatic heterocycles. The van der Waals surface area contributed by atoms with Crippen molar-refractivity contribution in [3.05, 3.63) is 12.2 Å². The molecule has 1 unspecified atom stereocenters. The third-order valence-corrected chi connectivity index (χ3v) is 2.86. The fourth-order valence-electron chi connectivity index (χ4n) is 1.25. The zero-order valence-corrected chi connectivity index (χ0v) is 13.6. The quantitative estimate of drug-likeness (QED) is 0.419. The van der Waals surface area contributed by atoms with Crippen molar-refractivity contribution in [1.29, 1.82) is 0 Å². The highest BCUT2D eigenvalue weighted by molar-refractivity contribution is 7.80. The zero-order chi connectivity index (χ0) is 15.3. The molecule has 0 aliphatic rings. The molecule has 0 saturated heterocycles. The van der Waals surface area contributed by atoms with E-state index >= 15 is 0 Å². The minimum Gasteiger partial charge on any atom is -0.462 e. The number of esters is 1. The minimum absolute atomic E-state index is 0.000802. The number of rotatable bonds is 8. The number of ether oxygens (including phenoxy) is 1. The maximum absolute atomic E-state index is 11.0. The molecule has 0 bridgehead atoms. The van der Waals surface area contributed by atoms with Gasteiger partial charge in [0.1, 0.15) is 5.78 Å². The first-order chi connectivity index (χ1) is 8.88. The molecule has 0 fully saturated rings. The van der Waals surface area contributed by atoms with Crippen LogP contribution in [0.3, 0.4) is 0 Å². The van der Waals surface area contributed by atoms with Crippen molar-refractivity contribution < 1.29 is 14.3 Å². The SMILES string of the molecule is C=C(C)C(=O)OCC(CS)CC(C)=O.CCCCC. The Balaban J connectivity index is 0. The number of ketones is 1. The largest absolute Gasteiger partial charge is 0.462 e. The first-order valence-corrected chi connectivity index (χ1v) is 7.45. The molecule has 19 heavy (non-hydrogen) atoms. The average molecular weight is 288 g/mol. The van der Waals surface area contributed by atoms with Crippen molar-refractivity contribution in [2.45, 2.75) is 53.4 Å². The van der Waals surface area contributed by atoms with Gasteiger partial charge in [0.05, 0.1) is 6.61 Å². The summed E-state index contributed by atoms with van der Waals surface area (Å²) in [5.74, 6) is 0.193. The van der Waals surface area contributed by atoms with Crippen LogP contribution in [0.5, 0.6) is 0 Å². The summed E-state index contributed by atoms with van der Waals surface area (Å²) in [6.07, 6.45) is 4.47. The number of unbranched alkanes of at least 4 members (excludes halogenated alkanes) is 2. The summed E-state index contributed by atoms with van der Waals surface area (Å²) in [5, 5.41) is 0. The third kappa shape index (κ3) is 15.2. The van der Waals surface area contributed by atoms with Gasteiger partial charge in [0.2, 0.25) is 0 Å². The predicted octanol–water partition coefficient (Wildman–Crippen LogP) is 3.83. The molecule has 0 saturated carbocycles. The van der Waals surface area contributed by atoms with Gasteiger partial charge in [-0.3, -0.25) is 0 Å². The first kappa shape index (κ1) is 20.5. The molecule has 0 amide bonds. The van der Waals surface area contributed by atoms with Crippen molar-refractivity contribution in [1.82, 2.24) is 0 Å². The highest BCUT2D eigenvalue weighted by Crippen LogP contribution is 2.08. The Hall–Kier alpha value is -0.770. The van der Waals surface area contributed by atoms with Crippen LogP contribution in [0.15, 0.2) is 12.2 Å². The fourth-order valence-corrected chi connectivity index (χ4v) is 1.49. The zero-order valence-electron chi connectivity index (χ0n) is 12.7. The second kappa shape index (κ2) is 13.7. The van der Waals surface area contributed by atoms with Gasteiger partial charge in [-0.15, -0.1) is 0 Å². The number of carbonyl (C=O) groups excluding carboxylic acids is 2. The molecule has 0 aliphatic carbocycles. The van der Waals surface area contributed by atoms with Crippen LogP contribution >= 0.6 is 12.6 Å². The lowest BCUT2D eigenvalue weighted by molar-refractivity contribution is -0.140. The summed E-state index contributed by atoms with van der Waals surface area (Å²) < 4.78 is 4.92. The second-order valence-corrected chi connectivity index (χ2v) is 5.05. The van der Waals surface area contributed by atoms with Crippen LogP contribution in [-0.4, -0.2) is 24.1 Å². The van der Waals surface area contributed by atoms with Gasteiger partial charge in [-0.05, 0) is 19.6 Å². The third-order valence-electron chi connectivity index (χ3n) is 2.34. The van der Waals surface area contributed by atoms with Crippen molar-refractivity contribution in [2.75, 3.05) is 12.4 Å². The molecule has 0 rings (SSSR count). The van der Waals surface area contributed by atoms with E-state index in [4.69, 9.17) is 4.74 Å². The Bertz CT molecular complexity index is 273. The Morgan fingerprint density at radius 1 is 1.21 bits per heavy atom. The molecule has 3 nitrogen and oxygen atoms in total. The number of hydrogen-bond donors (Lipinski definition) is 1. The molecule has 4 heteroatoms. The Labute approximate surface area is 123 Å². The van der Waals surface area contributed by atoms with Crippen molar-refractivity contribution in [2.24, 2.45) is 5.92 Å². The van der Waals surface area contributed by atoms with Gasteiger partial charge in [-0.2, -0.15) is 12.6 Å². The van der Waals surface area contributed by atoms with Crippen molar-refractivity contribution >= 4 is 24.4 Å². The average Bonchev–Trinajstić information content (AvgIpc) is 2.35. The molecule has 0 aromatic carbocycles. The van der Waals surface area contributed by atoms with E-state index in [9.17, 15) is 9.59 Å². The molecular formula is C15H28O3S. The van der Waals surface area contributed by atoms with Crippen LogP contribution < -0.4 is 0 Å². The lowest BCUT2D eigenvalue weighted by atomic mass is 10.1. The normalized spacial score (nSPS) is 11.0. The van der Waals surface area contributed by atoms with Crippen molar-refractivity contribution in [3.8, 4) is 0 Å². The minimum atomic E-state index is -0.416. The van der Waals surface area contributed by atoms with Gasteiger partial charge in [-0.25, -0.2) is 4.79 Å². The topological polar surface area (TPSA) is 43.4 Å². The molecule has 0 heterocycles. The number of hydrogen-bond acceptors (Lipinski definition) is 4. The smallest absolute Gasteiger partial charge is 0.333 e. The van der Waals surface area contributed by atoms with Gasteiger partial charge in [-0.1, -0.05) is 39.7 Å². The van der Waals surface area contributed by atoms with Crippen LogP contribution in [0, 0.1) is 5.92 Å². The number of thiol groups is 1. The van der Waals surface area contributed by atoms with Gasteiger partial charge in [0.15, 0.2) is 0 Å². The van der Waals surface area contributed by atoms with Gasteiger partial charge in [0, 0.05) is 17.9 Å². The summed E-state index contributed by atoms with van der Waals surface area (Å²) in [5.41, 5.74) is 0.366. The maximum atomic E-state index is 11.0. The van der Waals surface area contributed by atoms with Crippen LogP contribution in [0.1, 0.15) is 53.4 Å². The van der Waals surface area contributed by atoms with Gasteiger partial charge in [0.25, 0.3) is 0 Å². The predicted molar refractivity (Wildman–Crippen MR) is 83.6 cm³/mol. The van der Waals surface area contributed by atoms with Gasteiger partial charge >= 0.3 is 5.97 Å². The van der Waals surface area contributed by atoms with E-state index in [1.165, 1.54) is 26.2 Å². The first-order valence-electron chi connectivity index (χ1n) is 6.81. The van der Waals surface area contributed by atoms with E-state index in [0.717, 1.165) is 0 Å². The van der Waals surface area contributed by atoms with Crippen LogP contribution in [-0.2, 0) is 14.3 Å². The molecule has 0 spiro atoms. The monoisotopic (exact) mass is 288 g/mol. The maximum Gasteiger partial charge on any atom is 0.333 e. The highest BCUT2D eigenvalue weighted by atomic mass is 32.1. The summed E-state index contributed by atoms with van der Waals surface area (Å²) in [7, 11) is 0. The molecule has 1 atom stereocenters. The number of carbonyl (C=O) groups is 2. The fraction of sp³-hybridized carbons (Fsp3) is 0.733.